The molecule has 0 radical (unpaired) electrons. The van der Waals surface area contributed by atoms with E-state index in [0.29, 0.717) is 24.3 Å². The molecule has 1 aliphatic heterocycles. The van der Waals surface area contributed by atoms with Gasteiger partial charge in [0, 0.05) is 19.0 Å². The van der Waals surface area contributed by atoms with E-state index in [1.807, 2.05) is 11.8 Å². The SMILES string of the molecule is CC(N)(C(=O)N1CC2CCC(O)C2C1)C1CC1. The topological polar surface area (TPSA) is 66.6 Å². The molecule has 3 aliphatic rings. The lowest BCUT2D eigenvalue weighted by atomic mass is 9.95. The Bertz CT molecular complexity index is 338. The highest BCUT2D eigenvalue weighted by Crippen LogP contribution is 2.42. The minimum Gasteiger partial charge on any atom is -0.393 e. The lowest BCUT2D eigenvalue weighted by Crippen LogP contribution is -2.54. The average Bonchev–Trinajstić information content (AvgIpc) is 2.98. The van der Waals surface area contributed by atoms with Gasteiger partial charge in [-0.3, -0.25) is 4.79 Å². The second-order valence-corrected chi connectivity index (χ2v) is 6.34. The van der Waals surface area contributed by atoms with E-state index in [-0.39, 0.29) is 12.0 Å². The molecule has 1 saturated heterocycles. The molecule has 0 bridgehead atoms. The molecule has 4 atom stereocenters. The third-order valence-electron chi connectivity index (χ3n) is 4.99. The van der Waals surface area contributed by atoms with Gasteiger partial charge in [0.15, 0.2) is 0 Å². The van der Waals surface area contributed by atoms with Crippen molar-refractivity contribution >= 4 is 5.91 Å². The van der Waals surface area contributed by atoms with Crippen LogP contribution in [-0.2, 0) is 4.79 Å². The molecule has 3 fully saturated rings. The van der Waals surface area contributed by atoms with Crippen LogP contribution in [0.15, 0.2) is 0 Å². The predicted molar refractivity (Wildman–Crippen MR) is 64.1 cm³/mol. The second kappa shape index (κ2) is 3.69. The summed E-state index contributed by atoms with van der Waals surface area (Å²) in [5.41, 5.74) is 5.50. The molecule has 1 amide bonds. The summed E-state index contributed by atoms with van der Waals surface area (Å²) in [6.45, 7) is 3.39. The van der Waals surface area contributed by atoms with Gasteiger partial charge in [0.25, 0.3) is 0 Å². The van der Waals surface area contributed by atoms with Gasteiger partial charge in [-0.2, -0.15) is 0 Å². The van der Waals surface area contributed by atoms with Crippen LogP contribution in [0.4, 0.5) is 0 Å². The maximum Gasteiger partial charge on any atom is 0.242 e. The molecular formula is C13H22N2O2. The summed E-state index contributed by atoms with van der Waals surface area (Å²) < 4.78 is 0. The Labute approximate surface area is 102 Å². The first-order valence-corrected chi connectivity index (χ1v) is 6.76. The molecular weight excluding hydrogens is 216 g/mol. The van der Waals surface area contributed by atoms with E-state index in [4.69, 9.17) is 5.73 Å². The minimum atomic E-state index is -0.677. The van der Waals surface area contributed by atoms with Crippen LogP contribution >= 0.6 is 0 Å². The van der Waals surface area contributed by atoms with Gasteiger partial charge in [-0.15, -0.1) is 0 Å². The Morgan fingerprint density at radius 3 is 2.59 bits per heavy atom. The van der Waals surface area contributed by atoms with E-state index in [1.165, 1.54) is 0 Å². The van der Waals surface area contributed by atoms with Crippen molar-refractivity contribution in [1.29, 1.82) is 0 Å². The monoisotopic (exact) mass is 238 g/mol. The van der Waals surface area contributed by atoms with Crippen LogP contribution in [0, 0.1) is 17.8 Å². The van der Waals surface area contributed by atoms with Gasteiger partial charge in [-0.1, -0.05) is 0 Å². The van der Waals surface area contributed by atoms with Crippen molar-refractivity contribution < 1.29 is 9.90 Å². The summed E-state index contributed by atoms with van der Waals surface area (Å²) in [5, 5.41) is 9.85. The lowest BCUT2D eigenvalue weighted by Gasteiger charge is -2.29. The molecule has 3 rings (SSSR count). The normalized spacial score (nSPS) is 40.2. The predicted octanol–water partition coefficient (Wildman–Crippen LogP) is 0.343. The zero-order chi connectivity index (χ0) is 12.2. The fourth-order valence-corrected chi connectivity index (χ4v) is 3.60. The summed E-state index contributed by atoms with van der Waals surface area (Å²) in [5.74, 6) is 1.28. The van der Waals surface area contributed by atoms with Crippen LogP contribution in [0.5, 0.6) is 0 Å². The molecule has 4 nitrogen and oxygen atoms in total. The average molecular weight is 238 g/mol. The van der Waals surface area contributed by atoms with E-state index < -0.39 is 5.54 Å². The smallest absolute Gasteiger partial charge is 0.242 e. The molecule has 96 valence electrons. The highest BCUT2D eigenvalue weighted by atomic mass is 16.3. The number of hydrogen-bond acceptors (Lipinski definition) is 3. The number of aliphatic hydroxyl groups excluding tert-OH is 1. The molecule has 2 saturated carbocycles. The number of hydrogen-bond donors (Lipinski definition) is 2. The molecule has 0 aromatic carbocycles. The molecule has 17 heavy (non-hydrogen) atoms. The Kier molecular flexibility index (Phi) is 2.49. The number of aliphatic hydroxyl groups is 1. The number of fused-ring (bicyclic) bond motifs is 1. The third kappa shape index (κ3) is 1.78. The van der Waals surface area contributed by atoms with E-state index in [1.54, 1.807) is 0 Å². The minimum absolute atomic E-state index is 0.0987. The first kappa shape index (κ1) is 11.5. The molecule has 4 unspecified atom stereocenters. The number of carbonyl (C=O) groups excluding carboxylic acids is 1. The largest absolute Gasteiger partial charge is 0.393 e. The van der Waals surface area contributed by atoms with E-state index in [2.05, 4.69) is 0 Å². The highest BCUT2D eigenvalue weighted by Gasteiger charge is 2.50. The number of rotatable bonds is 2. The van der Waals surface area contributed by atoms with Gasteiger partial charge < -0.3 is 15.7 Å². The summed E-state index contributed by atoms with van der Waals surface area (Å²) in [7, 11) is 0. The fraction of sp³-hybridized carbons (Fsp3) is 0.923. The Morgan fingerprint density at radius 1 is 1.29 bits per heavy atom. The first-order valence-electron chi connectivity index (χ1n) is 6.76. The van der Waals surface area contributed by atoms with Crippen molar-refractivity contribution in [1.82, 2.24) is 4.90 Å². The Hall–Kier alpha value is -0.610. The van der Waals surface area contributed by atoms with Crippen molar-refractivity contribution in [3.63, 3.8) is 0 Å². The maximum atomic E-state index is 12.4. The van der Waals surface area contributed by atoms with Crippen molar-refractivity contribution in [2.45, 2.75) is 44.2 Å². The Morgan fingerprint density at radius 2 is 2.00 bits per heavy atom. The highest BCUT2D eigenvalue weighted by molar-refractivity contribution is 5.86. The summed E-state index contributed by atoms with van der Waals surface area (Å²) in [4.78, 5) is 14.3. The van der Waals surface area contributed by atoms with Crippen LogP contribution in [0.1, 0.15) is 32.6 Å². The lowest BCUT2D eigenvalue weighted by molar-refractivity contribution is -0.136. The number of nitrogens with two attached hydrogens (primary N) is 1. The number of nitrogens with zero attached hydrogens (tertiary/aromatic N) is 1. The summed E-state index contributed by atoms with van der Waals surface area (Å²) in [6, 6.07) is 0. The fourth-order valence-electron chi connectivity index (χ4n) is 3.60. The van der Waals surface area contributed by atoms with Crippen LogP contribution in [0.2, 0.25) is 0 Å². The van der Waals surface area contributed by atoms with Gasteiger partial charge in [-0.25, -0.2) is 0 Å². The molecule has 0 aromatic heterocycles. The maximum absolute atomic E-state index is 12.4. The van der Waals surface area contributed by atoms with Gasteiger partial charge in [0.05, 0.1) is 11.6 Å². The van der Waals surface area contributed by atoms with Crippen LogP contribution in [-0.4, -0.2) is 40.6 Å². The zero-order valence-corrected chi connectivity index (χ0v) is 10.4. The third-order valence-corrected chi connectivity index (χ3v) is 4.99. The van der Waals surface area contributed by atoms with Gasteiger partial charge in [-0.05, 0) is 44.4 Å². The first-order chi connectivity index (χ1) is 8.00. The van der Waals surface area contributed by atoms with Gasteiger partial charge in [0.1, 0.15) is 0 Å². The van der Waals surface area contributed by atoms with Crippen molar-refractivity contribution in [2.75, 3.05) is 13.1 Å². The van der Waals surface area contributed by atoms with Gasteiger partial charge in [0.2, 0.25) is 5.91 Å². The second-order valence-electron chi connectivity index (χ2n) is 6.34. The molecule has 3 N–H and O–H groups in total. The Balaban J connectivity index is 1.68. The number of carbonyl (C=O) groups is 1. The number of likely N-dealkylation sites (tertiary alicyclic amines) is 1. The zero-order valence-electron chi connectivity index (χ0n) is 10.4. The van der Waals surface area contributed by atoms with Crippen LogP contribution in [0.3, 0.4) is 0 Å². The molecule has 0 aromatic rings. The van der Waals surface area contributed by atoms with E-state index in [0.717, 1.165) is 32.2 Å². The van der Waals surface area contributed by atoms with Gasteiger partial charge >= 0.3 is 0 Å². The molecule has 0 spiro atoms. The van der Waals surface area contributed by atoms with E-state index in [9.17, 15) is 9.90 Å². The number of amides is 1. The van der Waals surface area contributed by atoms with Crippen molar-refractivity contribution in [2.24, 2.45) is 23.5 Å². The molecule has 1 heterocycles. The summed E-state index contributed by atoms with van der Waals surface area (Å²) in [6.07, 6.45) is 3.92. The van der Waals surface area contributed by atoms with Crippen molar-refractivity contribution in [3.8, 4) is 0 Å². The van der Waals surface area contributed by atoms with Crippen LogP contribution in [0.25, 0.3) is 0 Å². The molecule has 4 heteroatoms. The quantitative estimate of drug-likeness (QED) is 0.729. The summed E-state index contributed by atoms with van der Waals surface area (Å²) >= 11 is 0. The van der Waals surface area contributed by atoms with Crippen molar-refractivity contribution in [3.05, 3.63) is 0 Å². The van der Waals surface area contributed by atoms with Crippen LogP contribution < -0.4 is 5.73 Å². The standard InChI is InChI=1S/C13H22N2O2/c1-13(14,9-3-4-9)12(17)15-6-8-2-5-11(16)10(8)7-15/h8-11,16H,2-7,14H2,1H3. The van der Waals surface area contributed by atoms with E-state index >= 15 is 0 Å². The molecule has 2 aliphatic carbocycles.